The molecule has 0 fully saturated rings. The average molecular weight is 201 g/mol. The lowest BCUT2D eigenvalue weighted by atomic mass is 9.83. The largest absolute Gasteiger partial charge is 0.469 e. The molecule has 0 rings (SSSR count). The van der Waals surface area contributed by atoms with Crippen LogP contribution >= 0.6 is 0 Å². The van der Waals surface area contributed by atoms with E-state index in [2.05, 4.69) is 30.4 Å². The van der Waals surface area contributed by atoms with Gasteiger partial charge in [-0.3, -0.25) is 4.79 Å². The Morgan fingerprint density at radius 1 is 1.36 bits per heavy atom. The van der Waals surface area contributed by atoms with Gasteiger partial charge in [-0.15, -0.1) is 0 Å². The van der Waals surface area contributed by atoms with Crippen molar-refractivity contribution in [2.24, 2.45) is 5.41 Å². The van der Waals surface area contributed by atoms with Gasteiger partial charge in [0.1, 0.15) is 0 Å². The molecule has 0 N–H and O–H groups in total. The Hall–Kier alpha value is -0.570. The van der Waals surface area contributed by atoms with Crippen molar-refractivity contribution in [2.45, 2.75) is 39.7 Å². The highest BCUT2D eigenvalue weighted by Crippen LogP contribution is 2.26. The molecule has 0 aromatic heterocycles. The molecule has 0 saturated heterocycles. The topological polar surface area (TPSA) is 29.5 Å². The van der Waals surface area contributed by atoms with Crippen molar-refractivity contribution in [1.29, 1.82) is 0 Å². The van der Waals surface area contributed by atoms with E-state index in [1.807, 2.05) is 14.1 Å². The zero-order valence-electron chi connectivity index (χ0n) is 10.3. The first-order valence-corrected chi connectivity index (χ1v) is 5.02. The van der Waals surface area contributed by atoms with Gasteiger partial charge in [0.15, 0.2) is 0 Å². The monoisotopic (exact) mass is 201 g/mol. The number of methoxy groups -OCH3 is 1. The third-order valence-corrected chi connectivity index (χ3v) is 2.47. The predicted molar refractivity (Wildman–Crippen MR) is 58.2 cm³/mol. The number of ether oxygens (including phenoxy) is 1. The van der Waals surface area contributed by atoms with Crippen molar-refractivity contribution in [3.8, 4) is 0 Å². The lowest BCUT2D eigenvalue weighted by Crippen LogP contribution is -2.39. The van der Waals surface area contributed by atoms with Crippen LogP contribution in [-0.2, 0) is 9.53 Å². The van der Waals surface area contributed by atoms with E-state index >= 15 is 0 Å². The van der Waals surface area contributed by atoms with Crippen LogP contribution in [0.15, 0.2) is 0 Å². The van der Waals surface area contributed by atoms with Gasteiger partial charge in [0.25, 0.3) is 0 Å². The van der Waals surface area contributed by atoms with Gasteiger partial charge < -0.3 is 9.64 Å². The molecule has 1 atom stereocenters. The number of hydrogen-bond donors (Lipinski definition) is 0. The molecular weight excluding hydrogens is 178 g/mol. The molecule has 1 unspecified atom stereocenters. The molecule has 0 aromatic carbocycles. The van der Waals surface area contributed by atoms with Crippen LogP contribution in [0.25, 0.3) is 0 Å². The summed E-state index contributed by atoms with van der Waals surface area (Å²) in [5.74, 6) is -0.124. The second kappa shape index (κ2) is 5.35. The number of rotatable bonds is 4. The van der Waals surface area contributed by atoms with E-state index in [9.17, 15) is 4.79 Å². The van der Waals surface area contributed by atoms with Gasteiger partial charge >= 0.3 is 5.97 Å². The minimum absolute atomic E-state index is 0.124. The Kier molecular flexibility index (Phi) is 5.13. The molecule has 3 heteroatoms. The first-order chi connectivity index (χ1) is 6.29. The van der Waals surface area contributed by atoms with Gasteiger partial charge in [0.2, 0.25) is 0 Å². The lowest BCUT2D eigenvalue weighted by molar-refractivity contribution is -0.141. The molecule has 0 amide bonds. The fourth-order valence-corrected chi connectivity index (χ4v) is 1.82. The highest BCUT2D eigenvalue weighted by Gasteiger charge is 2.26. The van der Waals surface area contributed by atoms with Crippen LogP contribution in [0.2, 0.25) is 0 Å². The Morgan fingerprint density at radius 3 is 2.14 bits per heavy atom. The van der Waals surface area contributed by atoms with Crippen LogP contribution in [0.1, 0.15) is 33.6 Å². The molecular formula is C11H23NO2. The summed E-state index contributed by atoms with van der Waals surface area (Å²) in [6, 6.07) is 0.404. The second-order valence-electron chi connectivity index (χ2n) is 4.96. The number of carbonyl (C=O) groups excluding carboxylic acids is 1. The molecule has 0 bridgehead atoms. The fraction of sp³-hybridized carbons (Fsp3) is 0.909. The van der Waals surface area contributed by atoms with Crippen LogP contribution in [-0.4, -0.2) is 38.1 Å². The number of nitrogens with zero attached hydrogens (tertiary/aromatic N) is 1. The minimum atomic E-state index is -0.124. The number of esters is 1. The van der Waals surface area contributed by atoms with Gasteiger partial charge in [0, 0.05) is 12.5 Å². The summed E-state index contributed by atoms with van der Waals surface area (Å²) in [7, 11) is 5.53. The minimum Gasteiger partial charge on any atom is -0.469 e. The molecule has 0 aliphatic carbocycles. The molecule has 3 nitrogen and oxygen atoms in total. The predicted octanol–water partition coefficient (Wildman–Crippen LogP) is 1.92. The molecule has 0 heterocycles. The third kappa shape index (κ3) is 4.61. The smallest absolute Gasteiger partial charge is 0.305 e. The van der Waals surface area contributed by atoms with Gasteiger partial charge in [0.05, 0.1) is 7.11 Å². The summed E-state index contributed by atoms with van der Waals surface area (Å²) in [6.45, 7) is 6.57. The first-order valence-electron chi connectivity index (χ1n) is 5.02. The van der Waals surface area contributed by atoms with Gasteiger partial charge in [-0.25, -0.2) is 0 Å². The molecule has 0 saturated carbocycles. The third-order valence-electron chi connectivity index (χ3n) is 2.47. The quantitative estimate of drug-likeness (QED) is 0.651. The Balaban J connectivity index is 4.19. The van der Waals surface area contributed by atoms with Crippen LogP contribution in [0.3, 0.4) is 0 Å². The summed E-state index contributed by atoms with van der Waals surface area (Å²) in [4.78, 5) is 13.2. The zero-order valence-corrected chi connectivity index (χ0v) is 10.3. The first kappa shape index (κ1) is 13.4. The van der Waals surface area contributed by atoms with Crippen molar-refractivity contribution in [2.75, 3.05) is 21.2 Å². The van der Waals surface area contributed by atoms with E-state index in [0.717, 1.165) is 6.42 Å². The maximum absolute atomic E-state index is 11.0. The van der Waals surface area contributed by atoms with Gasteiger partial charge in [-0.1, -0.05) is 20.8 Å². The van der Waals surface area contributed by atoms with Crippen molar-refractivity contribution < 1.29 is 9.53 Å². The second-order valence-corrected chi connectivity index (χ2v) is 4.96. The SMILES string of the molecule is COC(=O)CCC(N(C)C)C(C)(C)C. The van der Waals surface area contributed by atoms with E-state index < -0.39 is 0 Å². The van der Waals surface area contributed by atoms with Gasteiger partial charge in [-0.05, 0) is 25.9 Å². The molecule has 14 heavy (non-hydrogen) atoms. The van der Waals surface area contributed by atoms with Crippen LogP contribution in [0.4, 0.5) is 0 Å². The van der Waals surface area contributed by atoms with E-state index in [-0.39, 0.29) is 11.4 Å². The van der Waals surface area contributed by atoms with E-state index in [1.165, 1.54) is 7.11 Å². The van der Waals surface area contributed by atoms with E-state index in [1.54, 1.807) is 0 Å². The molecule has 0 aliphatic rings. The highest BCUT2D eigenvalue weighted by atomic mass is 16.5. The molecule has 84 valence electrons. The van der Waals surface area contributed by atoms with E-state index in [0.29, 0.717) is 12.5 Å². The summed E-state index contributed by atoms with van der Waals surface area (Å²) >= 11 is 0. The molecule has 0 radical (unpaired) electrons. The summed E-state index contributed by atoms with van der Waals surface area (Å²) in [5.41, 5.74) is 0.192. The molecule has 0 spiro atoms. The van der Waals surface area contributed by atoms with Crippen LogP contribution < -0.4 is 0 Å². The lowest BCUT2D eigenvalue weighted by Gasteiger charge is -2.35. The molecule has 0 aliphatic heterocycles. The number of carbonyl (C=O) groups is 1. The van der Waals surface area contributed by atoms with Crippen molar-refractivity contribution in [3.05, 3.63) is 0 Å². The van der Waals surface area contributed by atoms with Crippen molar-refractivity contribution in [3.63, 3.8) is 0 Å². The summed E-state index contributed by atoms with van der Waals surface area (Å²) < 4.78 is 4.64. The number of hydrogen-bond acceptors (Lipinski definition) is 3. The maximum atomic E-state index is 11.0. The van der Waals surface area contributed by atoms with Crippen molar-refractivity contribution >= 4 is 5.97 Å². The molecule has 0 aromatic rings. The summed E-state index contributed by atoms with van der Waals surface area (Å²) in [6.07, 6.45) is 1.35. The summed E-state index contributed by atoms with van der Waals surface area (Å²) in [5, 5.41) is 0. The van der Waals surface area contributed by atoms with Crippen molar-refractivity contribution in [1.82, 2.24) is 4.90 Å². The van der Waals surface area contributed by atoms with E-state index in [4.69, 9.17) is 0 Å². The van der Waals surface area contributed by atoms with Crippen LogP contribution in [0.5, 0.6) is 0 Å². The van der Waals surface area contributed by atoms with Crippen LogP contribution in [0, 0.1) is 5.41 Å². The Morgan fingerprint density at radius 2 is 1.86 bits per heavy atom. The Bertz CT molecular complexity index is 182. The zero-order chi connectivity index (χ0) is 11.4. The fourth-order valence-electron chi connectivity index (χ4n) is 1.82. The highest BCUT2D eigenvalue weighted by molar-refractivity contribution is 5.69. The Labute approximate surface area is 87.4 Å². The normalized spacial score (nSPS) is 14.2. The van der Waals surface area contributed by atoms with Gasteiger partial charge in [-0.2, -0.15) is 0 Å². The standard InChI is InChI=1S/C11H23NO2/c1-11(2,3)9(12(4)5)7-8-10(13)14-6/h9H,7-8H2,1-6H3. The average Bonchev–Trinajstić information content (AvgIpc) is 2.01. The maximum Gasteiger partial charge on any atom is 0.305 e.